The molecule has 1 rings (SSSR count). The lowest BCUT2D eigenvalue weighted by Crippen LogP contribution is -1.99. The second kappa shape index (κ2) is 6.58. The Balaban J connectivity index is 3.31. The Labute approximate surface area is 118 Å². The second-order valence-electron chi connectivity index (χ2n) is 3.62. The summed E-state index contributed by atoms with van der Waals surface area (Å²) in [5, 5.41) is 27.0. The minimum atomic E-state index is -0.653. The van der Waals surface area contributed by atoms with E-state index in [1.165, 1.54) is 26.3 Å². The summed E-state index contributed by atoms with van der Waals surface area (Å²) in [6, 6.07) is 1.86. The van der Waals surface area contributed by atoms with Crippen LogP contribution in [0.3, 0.4) is 0 Å². The predicted octanol–water partition coefficient (Wildman–Crippen LogP) is 2.87. The van der Waals surface area contributed by atoms with Crippen molar-refractivity contribution in [2.24, 2.45) is 10.2 Å². The van der Waals surface area contributed by atoms with Gasteiger partial charge in [-0.15, -0.1) is 21.6 Å². The molecule has 0 aliphatic rings. The number of esters is 1. The molecule has 0 saturated heterocycles. The Bertz CT molecular complexity index is 648. The molecular formula is C12H11N3O4S. The van der Waals surface area contributed by atoms with Gasteiger partial charge < -0.3 is 9.84 Å². The molecule has 0 saturated carbocycles. The summed E-state index contributed by atoms with van der Waals surface area (Å²) in [5.74, 6) is -1.43. The minimum Gasteiger partial charge on any atom is -0.510 e. The molecular weight excluding hydrogens is 282 g/mol. The van der Waals surface area contributed by atoms with E-state index in [1.54, 1.807) is 0 Å². The van der Waals surface area contributed by atoms with Crippen LogP contribution in [0.5, 0.6) is 0 Å². The maximum absolute atomic E-state index is 11.5. The quantitative estimate of drug-likeness (QED) is 0.397. The van der Waals surface area contributed by atoms with E-state index < -0.39 is 11.8 Å². The number of ketones is 1. The van der Waals surface area contributed by atoms with Gasteiger partial charge in [0.2, 0.25) is 0 Å². The van der Waals surface area contributed by atoms with E-state index in [0.29, 0.717) is 0 Å². The van der Waals surface area contributed by atoms with Crippen LogP contribution in [0.25, 0.3) is 0 Å². The molecule has 0 aromatic carbocycles. The molecule has 7 nitrogen and oxygen atoms in total. The Morgan fingerprint density at radius 1 is 1.45 bits per heavy atom. The molecule has 1 heterocycles. The number of rotatable bonds is 4. The third kappa shape index (κ3) is 3.27. The van der Waals surface area contributed by atoms with E-state index in [4.69, 9.17) is 5.26 Å². The SMILES string of the molecule is COC(=O)c1scc(C#N)c1N=NC(C(C)=O)=C(C)O. The summed E-state index contributed by atoms with van der Waals surface area (Å²) in [4.78, 5) is 22.9. The summed E-state index contributed by atoms with van der Waals surface area (Å²) >= 11 is 0.988. The molecule has 0 fully saturated rings. The van der Waals surface area contributed by atoms with E-state index >= 15 is 0 Å². The van der Waals surface area contributed by atoms with Gasteiger partial charge in [0.05, 0.1) is 12.7 Å². The molecule has 0 unspecified atom stereocenters. The number of carbonyl (C=O) groups excluding carboxylic acids is 2. The first-order chi connectivity index (χ1) is 9.42. The average Bonchev–Trinajstić information content (AvgIpc) is 2.80. The summed E-state index contributed by atoms with van der Waals surface area (Å²) in [5.41, 5.74) is -0.0853. The average molecular weight is 293 g/mol. The van der Waals surface area contributed by atoms with Gasteiger partial charge in [-0.3, -0.25) is 4.79 Å². The minimum absolute atomic E-state index is 0.0179. The van der Waals surface area contributed by atoms with Gasteiger partial charge in [-0.05, 0) is 6.92 Å². The van der Waals surface area contributed by atoms with Crippen molar-refractivity contribution < 1.29 is 19.4 Å². The highest BCUT2D eigenvalue weighted by Gasteiger charge is 2.19. The number of nitrogens with zero attached hydrogens (tertiary/aromatic N) is 3. The van der Waals surface area contributed by atoms with Crippen LogP contribution in [0.4, 0.5) is 5.69 Å². The van der Waals surface area contributed by atoms with Gasteiger partial charge in [0, 0.05) is 12.3 Å². The van der Waals surface area contributed by atoms with E-state index in [-0.39, 0.29) is 27.6 Å². The first-order valence-corrected chi connectivity index (χ1v) is 6.22. The lowest BCUT2D eigenvalue weighted by atomic mass is 10.2. The van der Waals surface area contributed by atoms with Crippen molar-refractivity contribution in [3.8, 4) is 6.07 Å². The number of allylic oxidation sites excluding steroid dienone is 2. The molecule has 0 spiro atoms. The van der Waals surface area contributed by atoms with Crippen LogP contribution in [-0.2, 0) is 9.53 Å². The van der Waals surface area contributed by atoms with Crippen LogP contribution in [0.2, 0.25) is 0 Å². The smallest absolute Gasteiger partial charge is 0.350 e. The number of nitriles is 1. The Morgan fingerprint density at radius 2 is 2.10 bits per heavy atom. The maximum atomic E-state index is 11.5. The van der Waals surface area contributed by atoms with Crippen LogP contribution >= 0.6 is 11.3 Å². The summed E-state index contributed by atoms with van der Waals surface area (Å²) in [7, 11) is 1.20. The number of carbonyl (C=O) groups is 2. The molecule has 1 aromatic rings. The fourth-order valence-corrected chi connectivity index (χ4v) is 2.11. The zero-order valence-electron chi connectivity index (χ0n) is 11.0. The van der Waals surface area contributed by atoms with Crippen LogP contribution in [-0.4, -0.2) is 24.0 Å². The van der Waals surface area contributed by atoms with Crippen molar-refractivity contribution in [3.05, 3.63) is 27.3 Å². The highest BCUT2D eigenvalue weighted by atomic mass is 32.1. The maximum Gasteiger partial charge on any atom is 0.350 e. The summed E-state index contributed by atoms with van der Waals surface area (Å²) in [6.45, 7) is 2.50. The fourth-order valence-electron chi connectivity index (χ4n) is 1.27. The van der Waals surface area contributed by atoms with E-state index in [0.717, 1.165) is 11.3 Å². The van der Waals surface area contributed by atoms with Crippen molar-refractivity contribution in [2.45, 2.75) is 13.8 Å². The van der Waals surface area contributed by atoms with Gasteiger partial charge in [-0.2, -0.15) is 5.26 Å². The molecule has 1 aromatic heterocycles. The number of thiophene rings is 1. The highest BCUT2D eigenvalue weighted by Crippen LogP contribution is 2.32. The van der Waals surface area contributed by atoms with Gasteiger partial charge in [0.15, 0.2) is 11.5 Å². The molecule has 0 radical (unpaired) electrons. The molecule has 0 atom stereocenters. The van der Waals surface area contributed by atoms with Crippen LogP contribution in [0, 0.1) is 11.3 Å². The number of aliphatic hydroxyl groups is 1. The van der Waals surface area contributed by atoms with Gasteiger partial charge in [0.25, 0.3) is 0 Å². The zero-order valence-corrected chi connectivity index (χ0v) is 11.8. The standard InChI is InChI=1S/C12H11N3O4S/c1-6(16)9(7(2)17)14-15-10-8(4-13)5-20-11(10)12(18)19-3/h5,16H,1-3H3. The number of hydrogen-bond acceptors (Lipinski definition) is 8. The van der Waals surface area contributed by atoms with Gasteiger partial charge in [0.1, 0.15) is 22.4 Å². The molecule has 20 heavy (non-hydrogen) atoms. The summed E-state index contributed by atoms with van der Waals surface area (Å²) in [6.07, 6.45) is 0. The van der Waals surface area contributed by atoms with Gasteiger partial charge in [-0.1, -0.05) is 0 Å². The third-order valence-electron chi connectivity index (χ3n) is 2.18. The first kappa shape index (κ1) is 15.5. The molecule has 1 N–H and O–H groups in total. The third-order valence-corrected chi connectivity index (χ3v) is 3.13. The zero-order chi connectivity index (χ0) is 15.3. The Morgan fingerprint density at radius 3 is 2.55 bits per heavy atom. The van der Waals surface area contributed by atoms with Crippen molar-refractivity contribution in [2.75, 3.05) is 7.11 Å². The molecule has 0 bridgehead atoms. The number of methoxy groups -OCH3 is 1. The lowest BCUT2D eigenvalue weighted by molar-refractivity contribution is -0.113. The topological polar surface area (TPSA) is 112 Å². The number of ether oxygens (including phenoxy) is 1. The molecule has 0 amide bonds. The Hall–Kier alpha value is -2.53. The van der Waals surface area contributed by atoms with Gasteiger partial charge >= 0.3 is 5.97 Å². The van der Waals surface area contributed by atoms with Crippen molar-refractivity contribution in [3.63, 3.8) is 0 Å². The van der Waals surface area contributed by atoms with E-state index in [9.17, 15) is 14.7 Å². The Kier molecular flexibility index (Phi) is 5.11. The molecule has 8 heteroatoms. The lowest BCUT2D eigenvalue weighted by Gasteiger charge is -1.98. The largest absolute Gasteiger partial charge is 0.510 e. The van der Waals surface area contributed by atoms with Crippen molar-refractivity contribution >= 4 is 28.8 Å². The van der Waals surface area contributed by atoms with Gasteiger partial charge in [-0.25, -0.2) is 4.79 Å². The van der Waals surface area contributed by atoms with E-state index in [1.807, 2.05) is 6.07 Å². The van der Waals surface area contributed by atoms with E-state index in [2.05, 4.69) is 15.0 Å². The highest BCUT2D eigenvalue weighted by molar-refractivity contribution is 7.12. The van der Waals surface area contributed by atoms with Crippen LogP contribution in [0.1, 0.15) is 29.1 Å². The molecule has 0 aliphatic carbocycles. The molecule has 104 valence electrons. The number of Topliss-reactive ketones (excluding diaryl/α,β-unsaturated/α-hetero) is 1. The predicted molar refractivity (Wildman–Crippen MR) is 70.9 cm³/mol. The first-order valence-electron chi connectivity index (χ1n) is 5.34. The fraction of sp³-hybridized carbons (Fsp3) is 0.250. The van der Waals surface area contributed by atoms with Crippen molar-refractivity contribution in [1.29, 1.82) is 5.26 Å². The number of hydrogen-bond donors (Lipinski definition) is 1. The van der Waals surface area contributed by atoms with Crippen molar-refractivity contribution in [1.82, 2.24) is 0 Å². The number of azo groups is 1. The van der Waals surface area contributed by atoms with Crippen LogP contribution in [0.15, 0.2) is 27.1 Å². The van der Waals surface area contributed by atoms with Crippen LogP contribution < -0.4 is 0 Å². The monoisotopic (exact) mass is 293 g/mol. The normalized spacial score (nSPS) is 11.9. The second-order valence-corrected chi connectivity index (χ2v) is 4.50. The molecule has 0 aliphatic heterocycles. The number of aliphatic hydroxyl groups excluding tert-OH is 1. The summed E-state index contributed by atoms with van der Waals surface area (Å²) < 4.78 is 4.57.